The number of ketones is 1. The summed E-state index contributed by atoms with van der Waals surface area (Å²) in [6.07, 6.45) is 1.61. The quantitative estimate of drug-likeness (QED) is 0.803. The molecule has 2 aromatic carbocycles. The minimum atomic E-state index is -0.264. The number of carbonyl (C=O) groups is 1. The van der Waals surface area contributed by atoms with E-state index in [4.69, 9.17) is 10.00 Å². The predicted molar refractivity (Wildman–Crippen MR) is 72.2 cm³/mol. The zero-order valence-electron chi connectivity index (χ0n) is 10.3. The van der Waals surface area contributed by atoms with Crippen LogP contribution in [0.4, 0.5) is 0 Å². The number of nitriles is 1. The number of phenolic OH excluding ortho intramolecular Hbond substituents is 1. The van der Waals surface area contributed by atoms with E-state index in [0.29, 0.717) is 16.9 Å². The van der Waals surface area contributed by atoms with Crippen LogP contribution in [0.5, 0.6) is 11.5 Å². The highest BCUT2D eigenvalue weighted by Gasteiger charge is 2.27. The highest BCUT2D eigenvalue weighted by molar-refractivity contribution is 6.14. The number of Topliss-reactive ketones (excluding diaryl/α,β-unsaturated/α-hetero) is 1. The van der Waals surface area contributed by atoms with E-state index >= 15 is 0 Å². The highest BCUT2D eigenvalue weighted by Crippen LogP contribution is 2.34. The van der Waals surface area contributed by atoms with E-state index in [0.717, 1.165) is 5.56 Å². The van der Waals surface area contributed by atoms with Gasteiger partial charge in [0.25, 0.3) is 0 Å². The summed E-state index contributed by atoms with van der Waals surface area (Å²) in [5.41, 5.74) is 1.67. The van der Waals surface area contributed by atoms with Crippen molar-refractivity contribution in [1.29, 1.82) is 5.26 Å². The number of carbonyl (C=O) groups excluding carboxylic acids is 1. The van der Waals surface area contributed by atoms with Crippen LogP contribution in [0.2, 0.25) is 0 Å². The number of nitrogens with zero attached hydrogens (tertiary/aromatic N) is 1. The van der Waals surface area contributed by atoms with Crippen LogP contribution in [0.1, 0.15) is 21.5 Å². The number of benzene rings is 2. The molecule has 4 nitrogen and oxygen atoms in total. The van der Waals surface area contributed by atoms with E-state index in [9.17, 15) is 9.90 Å². The number of ether oxygens (including phenoxy) is 1. The van der Waals surface area contributed by atoms with E-state index in [1.165, 1.54) is 12.1 Å². The van der Waals surface area contributed by atoms with Gasteiger partial charge in [0.15, 0.2) is 5.76 Å². The van der Waals surface area contributed by atoms with Gasteiger partial charge in [-0.3, -0.25) is 4.79 Å². The second-order valence-corrected chi connectivity index (χ2v) is 4.35. The Bertz CT molecular complexity index is 767. The molecule has 0 saturated carbocycles. The monoisotopic (exact) mass is 263 g/mol. The van der Waals surface area contributed by atoms with Crippen LogP contribution in [-0.2, 0) is 0 Å². The lowest BCUT2D eigenvalue weighted by atomic mass is 10.1. The van der Waals surface area contributed by atoms with Crippen molar-refractivity contribution in [3.63, 3.8) is 0 Å². The number of fused-ring (bicyclic) bond motifs is 1. The minimum Gasteiger partial charge on any atom is -0.508 e. The zero-order chi connectivity index (χ0) is 14.1. The Hall–Kier alpha value is -3.06. The molecule has 0 radical (unpaired) electrons. The molecule has 1 aliphatic heterocycles. The number of aromatic hydroxyl groups is 1. The Balaban J connectivity index is 1.95. The van der Waals surface area contributed by atoms with Gasteiger partial charge in [-0.2, -0.15) is 5.26 Å². The van der Waals surface area contributed by atoms with Crippen molar-refractivity contribution in [2.75, 3.05) is 0 Å². The zero-order valence-corrected chi connectivity index (χ0v) is 10.3. The van der Waals surface area contributed by atoms with Crippen molar-refractivity contribution in [3.8, 4) is 17.6 Å². The molecule has 0 aromatic heterocycles. The normalized spacial score (nSPS) is 14.8. The maximum Gasteiger partial charge on any atom is 0.232 e. The van der Waals surface area contributed by atoms with E-state index in [2.05, 4.69) is 0 Å². The maximum absolute atomic E-state index is 12.1. The van der Waals surface area contributed by atoms with Crippen molar-refractivity contribution in [1.82, 2.24) is 0 Å². The summed E-state index contributed by atoms with van der Waals surface area (Å²) in [6, 6.07) is 13.3. The van der Waals surface area contributed by atoms with Gasteiger partial charge in [0, 0.05) is 0 Å². The lowest BCUT2D eigenvalue weighted by Crippen LogP contribution is -1.98. The van der Waals surface area contributed by atoms with Gasteiger partial charge in [-0.1, -0.05) is 12.1 Å². The fourth-order valence-electron chi connectivity index (χ4n) is 1.98. The van der Waals surface area contributed by atoms with E-state index in [1.807, 2.05) is 6.07 Å². The third-order valence-corrected chi connectivity index (χ3v) is 2.99. The smallest absolute Gasteiger partial charge is 0.232 e. The molecule has 2 aromatic rings. The van der Waals surface area contributed by atoms with E-state index in [-0.39, 0.29) is 17.3 Å². The standard InChI is InChI=1S/C16H9NO3/c17-9-11-3-1-10(2-4-11)7-15-16(19)13-8-12(18)5-6-14(13)20-15/h1-8,18H/b15-7-. The minimum absolute atomic E-state index is 0.0281. The summed E-state index contributed by atoms with van der Waals surface area (Å²) in [4.78, 5) is 12.1. The summed E-state index contributed by atoms with van der Waals surface area (Å²) < 4.78 is 5.47. The first-order chi connectivity index (χ1) is 9.67. The Morgan fingerprint density at radius 1 is 1.15 bits per heavy atom. The van der Waals surface area contributed by atoms with Gasteiger partial charge < -0.3 is 9.84 Å². The SMILES string of the molecule is N#Cc1ccc(/C=C2\Oc3ccc(O)cc3C2=O)cc1. The molecule has 20 heavy (non-hydrogen) atoms. The molecule has 1 heterocycles. The molecule has 3 rings (SSSR count). The third-order valence-electron chi connectivity index (χ3n) is 2.99. The summed E-state index contributed by atoms with van der Waals surface area (Å²) in [6.45, 7) is 0. The number of allylic oxidation sites excluding steroid dienone is 1. The summed E-state index contributed by atoms with van der Waals surface area (Å²) in [7, 11) is 0. The first-order valence-corrected chi connectivity index (χ1v) is 5.95. The van der Waals surface area contributed by atoms with Crippen LogP contribution in [0.3, 0.4) is 0 Å². The molecule has 0 amide bonds. The second-order valence-electron chi connectivity index (χ2n) is 4.35. The molecule has 0 aliphatic carbocycles. The molecular formula is C16H9NO3. The molecule has 0 atom stereocenters. The van der Waals surface area contributed by atoms with Crippen LogP contribution >= 0.6 is 0 Å². The van der Waals surface area contributed by atoms with Crippen molar-refractivity contribution in [2.24, 2.45) is 0 Å². The number of hydrogen-bond acceptors (Lipinski definition) is 4. The van der Waals surface area contributed by atoms with Crippen molar-refractivity contribution < 1.29 is 14.6 Å². The first kappa shape index (κ1) is 12.0. The predicted octanol–water partition coefficient (Wildman–Crippen LogP) is 2.88. The van der Waals surface area contributed by atoms with Gasteiger partial charge in [0.1, 0.15) is 11.5 Å². The largest absolute Gasteiger partial charge is 0.508 e. The number of rotatable bonds is 1. The number of phenols is 1. The Morgan fingerprint density at radius 3 is 2.60 bits per heavy atom. The lowest BCUT2D eigenvalue weighted by Gasteiger charge is -1.98. The molecule has 0 fully saturated rings. The van der Waals surface area contributed by atoms with Gasteiger partial charge in [0.2, 0.25) is 5.78 Å². The van der Waals surface area contributed by atoms with Gasteiger partial charge in [0.05, 0.1) is 17.2 Å². The van der Waals surface area contributed by atoms with Gasteiger partial charge in [-0.05, 0) is 42.0 Å². The van der Waals surface area contributed by atoms with Crippen LogP contribution in [0.25, 0.3) is 6.08 Å². The molecule has 0 saturated heterocycles. The average Bonchev–Trinajstić information content (AvgIpc) is 2.76. The Kier molecular flexibility index (Phi) is 2.73. The molecule has 0 unspecified atom stereocenters. The summed E-state index contributed by atoms with van der Waals surface area (Å²) in [5.74, 6) is 0.406. The number of hydrogen-bond donors (Lipinski definition) is 1. The van der Waals surface area contributed by atoms with E-state index in [1.54, 1.807) is 36.4 Å². The maximum atomic E-state index is 12.1. The molecule has 0 bridgehead atoms. The fraction of sp³-hybridized carbons (Fsp3) is 0. The van der Waals surface area contributed by atoms with Crippen LogP contribution < -0.4 is 4.74 Å². The Labute approximate surface area is 115 Å². The average molecular weight is 263 g/mol. The van der Waals surface area contributed by atoms with Gasteiger partial charge in [-0.15, -0.1) is 0 Å². The third kappa shape index (κ3) is 2.02. The first-order valence-electron chi connectivity index (χ1n) is 5.95. The van der Waals surface area contributed by atoms with Crippen molar-refractivity contribution in [3.05, 3.63) is 64.9 Å². The molecule has 0 spiro atoms. The van der Waals surface area contributed by atoms with Crippen LogP contribution in [0.15, 0.2) is 48.2 Å². The van der Waals surface area contributed by atoms with Crippen molar-refractivity contribution >= 4 is 11.9 Å². The highest BCUT2D eigenvalue weighted by atomic mass is 16.5. The Morgan fingerprint density at radius 2 is 1.90 bits per heavy atom. The molecule has 1 aliphatic rings. The lowest BCUT2D eigenvalue weighted by molar-refractivity contribution is 0.101. The van der Waals surface area contributed by atoms with E-state index < -0.39 is 0 Å². The summed E-state index contributed by atoms with van der Waals surface area (Å²) in [5, 5.41) is 18.1. The van der Waals surface area contributed by atoms with Crippen LogP contribution in [-0.4, -0.2) is 10.9 Å². The molecule has 1 N–H and O–H groups in total. The molecule has 4 heteroatoms. The van der Waals surface area contributed by atoms with Gasteiger partial charge in [-0.25, -0.2) is 0 Å². The fourth-order valence-corrected chi connectivity index (χ4v) is 1.98. The second kappa shape index (κ2) is 4.56. The topological polar surface area (TPSA) is 70.3 Å². The molecule has 96 valence electrons. The van der Waals surface area contributed by atoms with Crippen molar-refractivity contribution in [2.45, 2.75) is 0 Å². The van der Waals surface area contributed by atoms with Gasteiger partial charge >= 0.3 is 0 Å². The summed E-state index contributed by atoms with van der Waals surface area (Å²) >= 11 is 0. The molecular weight excluding hydrogens is 254 g/mol. The van der Waals surface area contributed by atoms with Crippen LogP contribution in [0, 0.1) is 11.3 Å².